The summed E-state index contributed by atoms with van der Waals surface area (Å²) in [6.45, 7) is -0.194. The summed E-state index contributed by atoms with van der Waals surface area (Å²) in [5.74, 6) is 0.441. The number of anilines is 1. The smallest absolute Gasteiger partial charge is 0.266 e. The first kappa shape index (κ1) is 25.2. The van der Waals surface area contributed by atoms with E-state index in [1.54, 1.807) is 38.6 Å². The second-order valence-corrected chi connectivity index (χ2v) is 10.6. The van der Waals surface area contributed by atoms with Gasteiger partial charge in [0, 0.05) is 22.5 Å². The van der Waals surface area contributed by atoms with Crippen molar-refractivity contribution in [2.75, 3.05) is 26.1 Å². The van der Waals surface area contributed by atoms with Crippen LogP contribution in [-0.2, 0) is 16.0 Å². The molecule has 0 unspecified atom stereocenters. The molecule has 1 aliphatic rings. The number of amides is 2. The standard InChI is InChI=1S/C24H20ClN3O4S3/c1-31-18-8-5-15(10-19(18)32-2)11-20-22(30)28(24(33)35-20)13-21(29)27-23-26-12-17(34-23)9-14-3-6-16(25)7-4-14/h3-8,10-12H,9,13H2,1-2H3,(H,26,27,29)/b20-11-. The third-order valence-corrected chi connectivity index (χ3v) is 7.51. The van der Waals surface area contributed by atoms with Crippen LogP contribution in [0.5, 0.6) is 11.5 Å². The van der Waals surface area contributed by atoms with E-state index in [-0.39, 0.29) is 18.4 Å². The van der Waals surface area contributed by atoms with Crippen molar-refractivity contribution in [3.63, 3.8) is 0 Å². The lowest BCUT2D eigenvalue weighted by atomic mass is 10.1. The molecule has 0 bridgehead atoms. The highest BCUT2D eigenvalue weighted by Gasteiger charge is 2.33. The van der Waals surface area contributed by atoms with Crippen LogP contribution in [0.3, 0.4) is 0 Å². The fourth-order valence-electron chi connectivity index (χ4n) is 3.28. The van der Waals surface area contributed by atoms with Crippen LogP contribution in [-0.4, -0.2) is 46.8 Å². The van der Waals surface area contributed by atoms with E-state index in [1.165, 1.54) is 16.2 Å². The number of carbonyl (C=O) groups excluding carboxylic acids is 2. The molecule has 2 amide bonds. The normalized spacial score (nSPS) is 14.5. The summed E-state index contributed by atoms with van der Waals surface area (Å²) in [6, 6.07) is 12.9. The number of aromatic nitrogens is 1. The van der Waals surface area contributed by atoms with Crippen LogP contribution >= 0.6 is 46.9 Å². The van der Waals surface area contributed by atoms with Gasteiger partial charge in [-0.05, 0) is 41.5 Å². The summed E-state index contributed by atoms with van der Waals surface area (Å²) in [7, 11) is 3.10. The maximum Gasteiger partial charge on any atom is 0.266 e. The van der Waals surface area contributed by atoms with Gasteiger partial charge in [-0.15, -0.1) is 11.3 Å². The zero-order valence-electron chi connectivity index (χ0n) is 18.7. The Kier molecular flexibility index (Phi) is 8.07. The summed E-state index contributed by atoms with van der Waals surface area (Å²) in [6.07, 6.45) is 4.11. The Morgan fingerprint density at radius 3 is 2.63 bits per heavy atom. The van der Waals surface area contributed by atoms with Gasteiger partial charge in [0.05, 0.1) is 19.1 Å². The van der Waals surface area contributed by atoms with Crippen LogP contribution in [0.4, 0.5) is 5.13 Å². The van der Waals surface area contributed by atoms with Crippen molar-refractivity contribution >= 4 is 74.3 Å². The van der Waals surface area contributed by atoms with Gasteiger partial charge < -0.3 is 14.8 Å². The van der Waals surface area contributed by atoms with Gasteiger partial charge in [0.25, 0.3) is 5.91 Å². The molecule has 2 aromatic carbocycles. The van der Waals surface area contributed by atoms with E-state index >= 15 is 0 Å². The van der Waals surface area contributed by atoms with Crippen LogP contribution in [0, 0.1) is 0 Å². The number of benzene rings is 2. The molecular formula is C24H20ClN3O4S3. The zero-order chi connectivity index (χ0) is 24.9. The van der Waals surface area contributed by atoms with Gasteiger partial charge in [-0.25, -0.2) is 4.98 Å². The highest BCUT2D eigenvalue weighted by molar-refractivity contribution is 8.26. The van der Waals surface area contributed by atoms with Crippen LogP contribution in [0.15, 0.2) is 53.6 Å². The molecule has 1 saturated heterocycles. The van der Waals surface area contributed by atoms with E-state index in [0.717, 1.165) is 27.8 Å². The predicted octanol–water partition coefficient (Wildman–Crippen LogP) is 5.24. The minimum Gasteiger partial charge on any atom is -0.493 e. The first-order valence-corrected chi connectivity index (χ1v) is 12.7. The second-order valence-electron chi connectivity index (χ2n) is 7.37. The molecule has 0 aliphatic carbocycles. The van der Waals surface area contributed by atoms with Gasteiger partial charge in [0.1, 0.15) is 10.9 Å². The number of thioether (sulfide) groups is 1. The maximum absolute atomic E-state index is 12.9. The second kappa shape index (κ2) is 11.2. The molecule has 1 aliphatic heterocycles. The number of nitrogens with zero attached hydrogens (tertiary/aromatic N) is 2. The molecule has 0 spiro atoms. The van der Waals surface area contributed by atoms with Crippen LogP contribution < -0.4 is 14.8 Å². The lowest BCUT2D eigenvalue weighted by Gasteiger charge is -2.13. The summed E-state index contributed by atoms with van der Waals surface area (Å²) < 4.78 is 10.9. The Morgan fingerprint density at radius 2 is 1.91 bits per heavy atom. The quantitative estimate of drug-likeness (QED) is 0.306. The maximum atomic E-state index is 12.9. The lowest BCUT2D eigenvalue weighted by Crippen LogP contribution is -2.36. The topological polar surface area (TPSA) is 80.8 Å². The third kappa shape index (κ3) is 6.21. The largest absolute Gasteiger partial charge is 0.493 e. The number of thiazole rings is 1. The predicted molar refractivity (Wildman–Crippen MR) is 144 cm³/mol. The lowest BCUT2D eigenvalue weighted by molar-refractivity contribution is -0.126. The summed E-state index contributed by atoms with van der Waals surface area (Å²) >= 11 is 13.8. The molecule has 0 atom stereocenters. The minimum absolute atomic E-state index is 0.194. The molecule has 3 aromatic rings. The molecule has 2 heterocycles. The van der Waals surface area contributed by atoms with Crippen LogP contribution in [0.25, 0.3) is 6.08 Å². The molecule has 1 N–H and O–H groups in total. The molecular weight excluding hydrogens is 526 g/mol. The number of carbonyl (C=O) groups is 2. The van der Waals surface area contributed by atoms with Gasteiger partial charge >= 0.3 is 0 Å². The number of nitrogens with one attached hydrogen (secondary N) is 1. The number of methoxy groups -OCH3 is 2. The molecule has 180 valence electrons. The number of rotatable bonds is 8. The van der Waals surface area contributed by atoms with Gasteiger partial charge in [-0.1, -0.05) is 53.8 Å². The van der Waals surface area contributed by atoms with Gasteiger partial charge in [-0.3, -0.25) is 14.5 Å². The van der Waals surface area contributed by atoms with Crippen LogP contribution in [0.2, 0.25) is 5.02 Å². The zero-order valence-corrected chi connectivity index (χ0v) is 21.9. The van der Waals surface area contributed by atoms with E-state index in [2.05, 4.69) is 10.3 Å². The number of ether oxygens (including phenoxy) is 2. The van der Waals surface area contributed by atoms with Gasteiger partial charge in [0.15, 0.2) is 16.6 Å². The molecule has 1 aromatic heterocycles. The average molecular weight is 546 g/mol. The van der Waals surface area contributed by atoms with Crippen molar-refractivity contribution in [1.29, 1.82) is 0 Å². The van der Waals surface area contributed by atoms with E-state index < -0.39 is 0 Å². The van der Waals surface area contributed by atoms with E-state index in [9.17, 15) is 9.59 Å². The fraction of sp³-hybridized carbons (Fsp3) is 0.167. The number of halogens is 1. The van der Waals surface area contributed by atoms with Gasteiger partial charge in [0.2, 0.25) is 5.91 Å². The molecule has 0 radical (unpaired) electrons. The highest BCUT2D eigenvalue weighted by Crippen LogP contribution is 2.34. The molecule has 1 fully saturated rings. The van der Waals surface area contributed by atoms with Crippen molar-refractivity contribution in [2.24, 2.45) is 0 Å². The number of hydrogen-bond donors (Lipinski definition) is 1. The van der Waals surface area contributed by atoms with E-state index in [4.69, 9.17) is 33.3 Å². The summed E-state index contributed by atoms with van der Waals surface area (Å²) in [5, 5.41) is 3.90. The molecule has 4 rings (SSSR count). The Morgan fingerprint density at radius 1 is 1.17 bits per heavy atom. The summed E-state index contributed by atoms with van der Waals surface area (Å²) in [5.41, 5.74) is 1.85. The molecule has 7 nitrogen and oxygen atoms in total. The van der Waals surface area contributed by atoms with E-state index in [1.807, 2.05) is 30.3 Å². The van der Waals surface area contributed by atoms with Crippen molar-refractivity contribution in [2.45, 2.75) is 6.42 Å². The van der Waals surface area contributed by atoms with Gasteiger partial charge in [-0.2, -0.15) is 0 Å². The minimum atomic E-state index is -0.374. The molecule has 11 heteroatoms. The first-order valence-electron chi connectivity index (χ1n) is 10.3. The monoisotopic (exact) mass is 545 g/mol. The SMILES string of the molecule is COc1ccc(/C=C2\SC(=S)N(CC(=O)Nc3ncc(Cc4ccc(Cl)cc4)s3)C2=O)cc1OC. The van der Waals surface area contributed by atoms with Crippen molar-refractivity contribution < 1.29 is 19.1 Å². The Balaban J connectivity index is 1.38. The van der Waals surface area contributed by atoms with Crippen molar-refractivity contribution in [3.05, 3.63) is 74.6 Å². The fourth-order valence-corrected chi connectivity index (χ4v) is 5.53. The molecule has 35 heavy (non-hydrogen) atoms. The van der Waals surface area contributed by atoms with Crippen molar-refractivity contribution in [3.8, 4) is 11.5 Å². The Hall–Kier alpha value is -2.92. The Labute approximate surface area is 221 Å². The third-order valence-electron chi connectivity index (χ3n) is 4.97. The highest BCUT2D eigenvalue weighted by atomic mass is 35.5. The Bertz CT molecular complexity index is 1310. The average Bonchev–Trinajstić information content (AvgIpc) is 3.39. The number of hydrogen-bond acceptors (Lipinski definition) is 8. The summed E-state index contributed by atoms with van der Waals surface area (Å²) in [4.78, 5) is 32.5. The number of thiocarbonyl (C=S) groups is 1. The van der Waals surface area contributed by atoms with Crippen molar-refractivity contribution in [1.82, 2.24) is 9.88 Å². The first-order chi connectivity index (χ1) is 16.9. The van der Waals surface area contributed by atoms with Crippen LogP contribution in [0.1, 0.15) is 16.0 Å². The van der Waals surface area contributed by atoms with E-state index in [0.29, 0.717) is 37.3 Å². The molecule has 0 saturated carbocycles.